The van der Waals surface area contributed by atoms with Gasteiger partial charge in [-0.25, -0.2) is 0 Å². The summed E-state index contributed by atoms with van der Waals surface area (Å²) in [4.78, 5) is 2.42. The van der Waals surface area contributed by atoms with E-state index in [9.17, 15) is 5.11 Å². The van der Waals surface area contributed by atoms with Gasteiger partial charge in [-0.2, -0.15) is 5.10 Å². The molecule has 1 fully saturated rings. The maximum atomic E-state index is 9.25. The Morgan fingerprint density at radius 3 is 3.17 bits per heavy atom. The summed E-state index contributed by atoms with van der Waals surface area (Å²) >= 11 is 0. The quantitative estimate of drug-likeness (QED) is 0.806. The summed E-state index contributed by atoms with van der Waals surface area (Å²) in [5.74, 6) is 0.447. The molecule has 0 amide bonds. The number of allylic oxidation sites excluding steroid dienone is 1. The van der Waals surface area contributed by atoms with Crippen LogP contribution in [0.1, 0.15) is 24.1 Å². The van der Waals surface area contributed by atoms with Crippen molar-refractivity contribution in [2.45, 2.75) is 32.9 Å². The van der Waals surface area contributed by atoms with Gasteiger partial charge in [0, 0.05) is 31.0 Å². The third kappa shape index (κ3) is 3.00. The highest BCUT2D eigenvalue weighted by atomic mass is 16.3. The first-order valence-corrected chi connectivity index (χ1v) is 6.70. The van der Waals surface area contributed by atoms with Crippen LogP contribution in [0.3, 0.4) is 0 Å². The van der Waals surface area contributed by atoms with E-state index >= 15 is 0 Å². The van der Waals surface area contributed by atoms with Gasteiger partial charge in [0.15, 0.2) is 0 Å². The van der Waals surface area contributed by atoms with Crippen LogP contribution >= 0.6 is 0 Å². The normalized spacial score (nSPS) is 21.1. The van der Waals surface area contributed by atoms with Crippen LogP contribution in [0.5, 0.6) is 0 Å². The molecule has 2 rings (SSSR count). The molecule has 1 atom stereocenters. The average Bonchev–Trinajstić information content (AvgIpc) is 2.72. The summed E-state index contributed by atoms with van der Waals surface area (Å²) < 4.78 is 1.98. The molecule has 1 N–H and O–H groups in total. The van der Waals surface area contributed by atoms with E-state index in [1.54, 1.807) is 0 Å². The molecule has 0 radical (unpaired) electrons. The van der Waals surface area contributed by atoms with Crippen LogP contribution < -0.4 is 0 Å². The third-order valence-electron chi connectivity index (χ3n) is 3.76. The van der Waals surface area contributed by atoms with Crippen LogP contribution in [0.25, 0.3) is 0 Å². The van der Waals surface area contributed by atoms with E-state index in [2.05, 4.69) is 23.5 Å². The smallest absolute Gasteiger partial charge is 0.0590 e. The lowest BCUT2D eigenvalue weighted by atomic mass is 9.98. The van der Waals surface area contributed by atoms with E-state index in [-0.39, 0.29) is 0 Å². The molecule has 1 aliphatic heterocycles. The summed E-state index contributed by atoms with van der Waals surface area (Å²) in [7, 11) is 0. The Balaban J connectivity index is 1.98. The van der Waals surface area contributed by atoms with Crippen LogP contribution in [0, 0.1) is 12.8 Å². The number of aliphatic hydroxyl groups excluding tert-OH is 1. The van der Waals surface area contributed by atoms with E-state index in [0.29, 0.717) is 12.5 Å². The predicted octanol–water partition coefficient (Wildman–Crippen LogP) is 1.58. The second kappa shape index (κ2) is 6.16. The van der Waals surface area contributed by atoms with Crippen LogP contribution in [-0.2, 0) is 13.1 Å². The zero-order chi connectivity index (χ0) is 13.0. The molecular formula is C14H23N3O. The molecule has 0 unspecified atom stereocenters. The Bertz CT molecular complexity index is 400. The molecule has 18 heavy (non-hydrogen) atoms. The minimum Gasteiger partial charge on any atom is -0.396 e. The summed E-state index contributed by atoms with van der Waals surface area (Å²) in [5.41, 5.74) is 2.51. The fourth-order valence-corrected chi connectivity index (χ4v) is 2.63. The minimum absolute atomic E-state index is 0.311. The monoisotopic (exact) mass is 249 g/mol. The molecular weight excluding hydrogens is 226 g/mol. The van der Waals surface area contributed by atoms with E-state index in [4.69, 9.17) is 0 Å². The SMILES string of the molecule is C=CCn1ncc(CN2CCC[C@H](CO)C2)c1C. The van der Waals surface area contributed by atoms with Crippen molar-refractivity contribution < 1.29 is 5.11 Å². The van der Waals surface area contributed by atoms with Crippen molar-refractivity contribution in [3.63, 3.8) is 0 Å². The molecule has 0 bridgehead atoms. The zero-order valence-corrected chi connectivity index (χ0v) is 11.2. The largest absolute Gasteiger partial charge is 0.396 e. The minimum atomic E-state index is 0.311. The number of piperidine rings is 1. The summed E-state index contributed by atoms with van der Waals surface area (Å²) in [6.07, 6.45) is 6.17. The van der Waals surface area contributed by atoms with Gasteiger partial charge in [0.1, 0.15) is 0 Å². The standard InChI is InChI=1S/C14H23N3O/c1-3-6-17-12(2)14(8-15-17)10-16-7-4-5-13(9-16)11-18/h3,8,13,18H,1,4-7,9-11H2,2H3/t13-/m0/s1. The topological polar surface area (TPSA) is 41.3 Å². The molecule has 0 saturated carbocycles. The summed E-state index contributed by atoms with van der Waals surface area (Å²) in [6.45, 7) is 10.0. The predicted molar refractivity (Wildman–Crippen MR) is 72.2 cm³/mol. The lowest BCUT2D eigenvalue weighted by Crippen LogP contribution is -2.36. The van der Waals surface area contributed by atoms with E-state index in [0.717, 1.165) is 32.6 Å². The number of aromatic nitrogens is 2. The Morgan fingerprint density at radius 1 is 1.61 bits per heavy atom. The first kappa shape index (κ1) is 13.3. The van der Waals surface area contributed by atoms with Crippen molar-refractivity contribution in [2.24, 2.45) is 5.92 Å². The van der Waals surface area contributed by atoms with Crippen molar-refractivity contribution in [3.8, 4) is 0 Å². The van der Waals surface area contributed by atoms with E-state index < -0.39 is 0 Å². The van der Waals surface area contributed by atoms with Gasteiger partial charge in [-0.3, -0.25) is 9.58 Å². The summed E-state index contributed by atoms with van der Waals surface area (Å²) in [6, 6.07) is 0. The van der Waals surface area contributed by atoms with Crippen LogP contribution in [0.4, 0.5) is 0 Å². The Labute approximate surface area is 109 Å². The van der Waals surface area contributed by atoms with Crippen molar-refractivity contribution in [3.05, 3.63) is 30.1 Å². The number of aliphatic hydroxyl groups is 1. The van der Waals surface area contributed by atoms with Gasteiger partial charge in [-0.1, -0.05) is 6.08 Å². The third-order valence-corrected chi connectivity index (χ3v) is 3.76. The number of hydrogen-bond donors (Lipinski definition) is 1. The van der Waals surface area contributed by atoms with Gasteiger partial charge in [-0.05, 0) is 32.2 Å². The van der Waals surface area contributed by atoms with Gasteiger partial charge in [0.25, 0.3) is 0 Å². The average molecular weight is 249 g/mol. The zero-order valence-electron chi connectivity index (χ0n) is 11.2. The van der Waals surface area contributed by atoms with E-state index in [1.165, 1.54) is 17.7 Å². The second-order valence-corrected chi connectivity index (χ2v) is 5.15. The van der Waals surface area contributed by atoms with Gasteiger partial charge in [0.2, 0.25) is 0 Å². The van der Waals surface area contributed by atoms with E-state index in [1.807, 2.05) is 17.0 Å². The molecule has 1 aromatic rings. The maximum absolute atomic E-state index is 9.25. The maximum Gasteiger partial charge on any atom is 0.0590 e. The van der Waals surface area contributed by atoms with Gasteiger partial charge in [0.05, 0.1) is 12.7 Å². The molecule has 0 aromatic carbocycles. The van der Waals surface area contributed by atoms with Crippen LogP contribution in [0.2, 0.25) is 0 Å². The Hall–Kier alpha value is -1.13. The number of nitrogens with zero attached hydrogens (tertiary/aromatic N) is 3. The molecule has 4 heteroatoms. The van der Waals surface area contributed by atoms with Gasteiger partial charge in [-0.15, -0.1) is 6.58 Å². The van der Waals surface area contributed by atoms with Gasteiger partial charge < -0.3 is 5.11 Å². The molecule has 0 spiro atoms. The highest BCUT2D eigenvalue weighted by molar-refractivity contribution is 5.16. The van der Waals surface area contributed by atoms with Gasteiger partial charge >= 0.3 is 0 Å². The van der Waals surface area contributed by atoms with Crippen molar-refractivity contribution in [1.29, 1.82) is 0 Å². The highest BCUT2D eigenvalue weighted by Gasteiger charge is 2.20. The molecule has 1 aliphatic rings. The van der Waals surface area contributed by atoms with Crippen molar-refractivity contribution in [2.75, 3.05) is 19.7 Å². The molecule has 4 nitrogen and oxygen atoms in total. The number of rotatable bonds is 5. The molecule has 1 aromatic heterocycles. The molecule has 2 heterocycles. The lowest BCUT2D eigenvalue weighted by molar-refractivity contribution is 0.115. The van der Waals surface area contributed by atoms with Crippen molar-refractivity contribution in [1.82, 2.24) is 14.7 Å². The second-order valence-electron chi connectivity index (χ2n) is 5.15. The fourth-order valence-electron chi connectivity index (χ4n) is 2.63. The van der Waals surface area contributed by atoms with Crippen LogP contribution in [0.15, 0.2) is 18.9 Å². The number of hydrogen-bond acceptors (Lipinski definition) is 3. The molecule has 100 valence electrons. The summed E-state index contributed by atoms with van der Waals surface area (Å²) in [5, 5.41) is 13.6. The Morgan fingerprint density at radius 2 is 2.44 bits per heavy atom. The number of likely N-dealkylation sites (tertiary alicyclic amines) is 1. The first-order valence-electron chi connectivity index (χ1n) is 6.70. The molecule has 0 aliphatic carbocycles. The highest BCUT2D eigenvalue weighted by Crippen LogP contribution is 2.19. The van der Waals surface area contributed by atoms with Crippen molar-refractivity contribution >= 4 is 0 Å². The Kier molecular flexibility index (Phi) is 4.55. The first-order chi connectivity index (χ1) is 8.74. The molecule has 1 saturated heterocycles. The fraction of sp³-hybridized carbons (Fsp3) is 0.643. The van der Waals surface area contributed by atoms with Crippen LogP contribution in [-0.4, -0.2) is 39.5 Å². The lowest BCUT2D eigenvalue weighted by Gasteiger charge is -2.31.